The molecule has 0 aliphatic heterocycles. The van der Waals surface area contributed by atoms with Crippen molar-refractivity contribution in [2.75, 3.05) is 13.2 Å². The molecular formula is C14H22O4. The third kappa shape index (κ3) is 2.64. The molecule has 0 aromatic rings. The molecule has 0 amide bonds. The molecular weight excluding hydrogens is 232 g/mol. The second kappa shape index (κ2) is 5.65. The lowest BCUT2D eigenvalue weighted by Crippen LogP contribution is -2.31. The van der Waals surface area contributed by atoms with Gasteiger partial charge in [-0.3, -0.25) is 9.59 Å². The molecule has 0 radical (unpaired) electrons. The van der Waals surface area contributed by atoms with E-state index < -0.39 is 11.5 Å². The summed E-state index contributed by atoms with van der Waals surface area (Å²) >= 11 is 0. The van der Waals surface area contributed by atoms with Gasteiger partial charge in [-0.25, -0.2) is 0 Å². The van der Waals surface area contributed by atoms with Gasteiger partial charge in [0.05, 0.1) is 13.0 Å². The summed E-state index contributed by atoms with van der Waals surface area (Å²) in [5.74, 6) is -0.258. The van der Waals surface area contributed by atoms with Crippen LogP contribution in [0, 0.1) is 5.41 Å². The molecule has 4 heteroatoms. The largest absolute Gasteiger partial charge is 0.466 e. The Morgan fingerprint density at radius 3 is 2.39 bits per heavy atom. The van der Waals surface area contributed by atoms with E-state index in [2.05, 4.69) is 0 Å². The zero-order chi connectivity index (χ0) is 13.9. The standard InChI is InChI=1S/C14H22O4/c1-6-17-11(15)8-10-9(3)12(18-7-2)13(16)14(10,4)5/h12H,6-8H2,1-5H3. The highest BCUT2D eigenvalue weighted by molar-refractivity contribution is 5.98. The highest BCUT2D eigenvalue weighted by Crippen LogP contribution is 2.42. The van der Waals surface area contributed by atoms with Crippen LogP contribution in [0.2, 0.25) is 0 Å². The molecule has 1 unspecified atom stereocenters. The monoisotopic (exact) mass is 254 g/mol. The number of esters is 1. The van der Waals surface area contributed by atoms with Crippen LogP contribution in [-0.4, -0.2) is 31.1 Å². The average molecular weight is 254 g/mol. The molecule has 1 aliphatic carbocycles. The molecule has 1 atom stereocenters. The molecule has 1 aliphatic rings. The number of carbonyl (C=O) groups excluding carboxylic acids is 2. The Kier molecular flexibility index (Phi) is 4.68. The fourth-order valence-electron chi connectivity index (χ4n) is 2.41. The van der Waals surface area contributed by atoms with Gasteiger partial charge in [-0.15, -0.1) is 0 Å². The lowest BCUT2D eigenvalue weighted by atomic mass is 9.82. The summed E-state index contributed by atoms with van der Waals surface area (Å²) in [5.41, 5.74) is 1.06. The number of Topliss-reactive ketones (excluding diaryl/α,β-unsaturated/α-hetero) is 1. The van der Waals surface area contributed by atoms with Crippen molar-refractivity contribution in [3.8, 4) is 0 Å². The van der Waals surface area contributed by atoms with E-state index in [0.717, 1.165) is 11.1 Å². The van der Waals surface area contributed by atoms with Crippen LogP contribution in [0.4, 0.5) is 0 Å². The molecule has 102 valence electrons. The van der Waals surface area contributed by atoms with Crippen LogP contribution in [-0.2, 0) is 19.1 Å². The Morgan fingerprint density at radius 2 is 1.89 bits per heavy atom. The maximum Gasteiger partial charge on any atom is 0.309 e. The summed E-state index contributed by atoms with van der Waals surface area (Å²) in [4.78, 5) is 23.9. The smallest absolute Gasteiger partial charge is 0.309 e. The highest BCUT2D eigenvalue weighted by Gasteiger charge is 2.46. The van der Waals surface area contributed by atoms with Gasteiger partial charge in [-0.2, -0.15) is 0 Å². The first-order valence-electron chi connectivity index (χ1n) is 6.37. The second-order valence-electron chi connectivity index (χ2n) is 4.97. The summed E-state index contributed by atoms with van der Waals surface area (Å²) in [7, 11) is 0. The van der Waals surface area contributed by atoms with E-state index in [0.29, 0.717) is 13.2 Å². The Hall–Kier alpha value is -1.16. The molecule has 0 spiro atoms. The molecule has 0 saturated heterocycles. The lowest BCUT2D eigenvalue weighted by Gasteiger charge is -2.21. The molecule has 0 bridgehead atoms. The van der Waals surface area contributed by atoms with Crippen LogP contribution in [0.1, 0.15) is 41.0 Å². The predicted molar refractivity (Wildman–Crippen MR) is 68.2 cm³/mol. The third-order valence-electron chi connectivity index (χ3n) is 3.44. The van der Waals surface area contributed by atoms with Gasteiger partial charge in [0.15, 0.2) is 5.78 Å². The average Bonchev–Trinajstić information content (AvgIpc) is 2.44. The topological polar surface area (TPSA) is 52.6 Å². The minimum Gasteiger partial charge on any atom is -0.466 e. The first-order chi connectivity index (χ1) is 8.36. The Morgan fingerprint density at radius 1 is 1.28 bits per heavy atom. The van der Waals surface area contributed by atoms with E-state index in [-0.39, 0.29) is 18.2 Å². The van der Waals surface area contributed by atoms with Crippen LogP contribution in [0.3, 0.4) is 0 Å². The van der Waals surface area contributed by atoms with Gasteiger partial charge in [0, 0.05) is 12.0 Å². The summed E-state index contributed by atoms with van der Waals surface area (Å²) in [6, 6.07) is 0. The molecule has 0 aromatic carbocycles. The number of ketones is 1. The van der Waals surface area contributed by atoms with Crippen molar-refractivity contribution in [2.45, 2.75) is 47.1 Å². The minimum absolute atomic E-state index is 0.0288. The first-order valence-corrected chi connectivity index (χ1v) is 6.37. The van der Waals surface area contributed by atoms with Crippen LogP contribution in [0.15, 0.2) is 11.1 Å². The summed E-state index contributed by atoms with van der Waals surface area (Å²) < 4.78 is 10.4. The van der Waals surface area contributed by atoms with Gasteiger partial charge in [-0.05, 0) is 45.8 Å². The SMILES string of the molecule is CCOC(=O)CC1=C(C)C(OCC)C(=O)C1(C)C. The summed E-state index contributed by atoms with van der Waals surface area (Å²) in [6.45, 7) is 10.0. The number of ether oxygens (including phenoxy) is 2. The fourth-order valence-corrected chi connectivity index (χ4v) is 2.41. The van der Waals surface area contributed by atoms with E-state index in [1.807, 2.05) is 27.7 Å². The van der Waals surface area contributed by atoms with Crippen LogP contribution < -0.4 is 0 Å². The summed E-state index contributed by atoms with van der Waals surface area (Å²) in [5, 5.41) is 0. The van der Waals surface area contributed by atoms with Crippen LogP contribution in [0.25, 0.3) is 0 Å². The van der Waals surface area contributed by atoms with Crippen molar-refractivity contribution in [2.24, 2.45) is 5.41 Å². The van der Waals surface area contributed by atoms with E-state index in [1.165, 1.54) is 0 Å². The van der Waals surface area contributed by atoms with Crippen molar-refractivity contribution in [1.29, 1.82) is 0 Å². The zero-order valence-electron chi connectivity index (χ0n) is 11.8. The number of hydrogen-bond donors (Lipinski definition) is 0. The van der Waals surface area contributed by atoms with Gasteiger partial charge in [0.25, 0.3) is 0 Å². The van der Waals surface area contributed by atoms with E-state index in [9.17, 15) is 9.59 Å². The summed E-state index contributed by atoms with van der Waals surface area (Å²) in [6.07, 6.45) is -0.337. The number of carbonyl (C=O) groups is 2. The minimum atomic E-state index is -0.642. The molecule has 0 aromatic heterocycles. The predicted octanol–water partition coefficient (Wildman–Crippen LogP) is 2.27. The molecule has 1 rings (SSSR count). The first kappa shape index (κ1) is 14.9. The molecule has 4 nitrogen and oxygen atoms in total. The second-order valence-corrected chi connectivity index (χ2v) is 4.97. The maximum atomic E-state index is 12.3. The third-order valence-corrected chi connectivity index (χ3v) is 3.44. The van der Waals surface area contributed by atoms with Crippen molar-refractivity contribution >= 4 is 11.8 Å². The van der Waals surface area contributed by atoms with Crippen LogP contribution in [0.5, 0.6) is 0 Å². The molecule has 0 N–H and O–H groups in total. The van der Waals surface area contributed by atoms with Gasteiger partial charge in [0.2, 0.25) is 0 Å². The molecule has 0 heterocycles. The van der Waals surface area contributed by atoms with Gasteiger partial charge in [0.1, 0.15) is 6.10 Å². The highest BCUT2D eigenvalue weighted by atomic mass is 16.5. The normalized spacial score (nSPS) is 22.5. The Bertz CT molecular complexity index is 379. The lowest BCUT2D eigenvalue weighted by molar-refractivity contribution is -0.142. The number of rotatable bonds is 5. The van der Waals surface area contributed by atoms with Gasteiger partial charge in [-0.1, -0.05) is 0 Å². The maximum absolute atomic E-state index is 12.3. The van der Waals surface area contributed by atoms with E-state index in [4.69, 9.17) is 9.47 Å². The zero-order valence-corrected chi connectivity index (χ0v) is 11.8. The van der Waals surface area contributed by atoms with Crippen molar-refractivity contribution in [3.63, 3.8) is 0 Å². The quantitative estimate of drug-likeness (QED) is 0.558. The van der Waals surface area contributed by atoms with E-state index in [1.54, 1.807) is 6.92 Å². The van der Waals surface area contributed by atoms with Crippen molar-refractivity contribution in [1.82, 2.24) is 0 Å². The molecule has 18 heavy (non-hydrogen) atoms. The molecule has 0 fully saturated rings. The van der Waals surface area contributed by atoms with Crippen molar-refractivity contribution in [3.05, 3.63) is 11.1 Å². The van der Waals surface area contributed by atoms with Crippen molar-refractivity contribution < 1.29 is 19.1 Å². The van der Waals surface area contributed by atoms with Crippen LogP contribution >= 0.6 is 0 Å². The Labute approximate surface area is 108 Å². The van der Waals surface area contributed by atoms with Gasteiger partial charge >= 0.3 is 5.97 Å². The molecule has 0 saturated carbocycles. The Balaban J connectivity index is 2.98. The van der Waals surface area contributed by atoms with E-state index >= 15 is 0 Å². The fraction of sp³-hybridized carbons (Fsp3) is 0.714. The van der Waals surface area contributed by atoms with Gasteiger partial charge < -0.3 is 9.47 Å². The number of hydrogen-bond acceptors (Lipinski definition) is 4.